The van der Waals surface area contributed by atoms with E-state index in [0.717, 1.165) is 0 Å². The minimum absolute atomic E-state index is 0.0531. The van der Waals surface area contributed by atoms with Crippen LogP contribution in [-0.4, -0.2) is 0 Å². The quantitative estimate of drug-likeness (QED) is 0.163. The molecular weight excluding hydrogens is 626 g/mol. The van der Waals surface area contributed by atoms with Gasteiger partial charge in [-0.05, 0) is 66.9 Å². The predicted octanol–water partition coefficient (Wildman–Crippen LogP) is 2.80. The van der Waals surface area contributed by atoms with E-state index in [1.165, 1.54) is 96.9 Å². The molecule has 0 aromatic heterocycles. The van der Waals surface area contributed by atoms with E-state index in [1.807, 2.05) is 0 Å². The fourth-order valence-corrected chi connectivity index (χ4v) is 8.36. The average Bonchev–Trinajstić information content (AvgIpc) is 2.85. The van der Waals surface area contributed by atoms with E-state index in [1.54, 1.807) is 0 Å². The second-order valence-corrected chi connectivity index (χ2v) is 14.9. The van der Waals surface area contributed by atoms with Gasteiger partial charge in [0.05, 0.1) is 0 Å². The van der Waals surface area contributed by atoms with Crippen LogP contribution in [0.5, 0.6) is 0 Å². The summed E-state index contributed by atoms with van der Waals surface area (Å²) in [5.74, 6) is 0. The first-order valence-electron chi connectivity index (χ1n) is 12.9. The maximum absolute atomic E-state index is 2.38. The third-order valence-corrected chi connectivity index (χ3v) is 11.3. The van der Waals surface area contributed by atoms with Crippen molar-refractivity contribution in [3.05, 3.63) is 98.7 Å². The summed E-state index contributed by atoms with van der Waals surface area (Å²) in [5, 5.41) is 0. The molecule has 2 heteroatoms. The number of rotatable bonds is 16. The molecule has 0 spiro atoms. The van der Waals surface area contributed by atoms with Crippen LogP contribution in [0.25, 0.3) is 0 Å². The Labute approximate surface area is 223 Å². The molecule has 3 aromatic carbocycles. The third kappa shape index (κ3) is 11.4. The lowest BCUT2D eigenvalue weighted by atomic mass is 10.0. The normalized spacial score (nSPS) is 11.1. The third-order valence-electron chi connectivity index (χ3n) is 5.96. The summed E-state index contributed by atoms with van der Waals surface area (Å²) in [6.45, 7) is 2.30. The van der Waals surface area contributed by atoms with Gasteiger partial charge in [0.25, 0.3) is 0 Å². The zero-order valence-corrected chi connectivity index (χ0v) is 24.6. The Balaban J connectivity index is 1.28. The Morgan fingerprint density at radius 1 is 0.424 bits per heavy atom. The Bertz CT molecular complexity index is 869. The van der Waals surface area contributed by atoms with E-state index in [-0.39, 0.29) is 42.4 Å². The molecule has 0 saturated carbocycles. The number of halogens is 2. The van der Waals surface area contributed by atoms with Crippen LogP contribution in [-0.2, 0) is 6.42 Å². The summed E-state index contributed by atoms with van der Waals surface area (Å²) in [5.41, 5.74) is 1.52. The highest BCUT2D eigenvalue weighted by molar-refractivity contribution is 5.14. The van der Waals surface area contributed by atoms with Crippen molar-refractivity contribution >= 4 is 0 Å². The van der Waals surface area contributed by atoms with Gasteiger partial charge in [-0.1, -0.05) is 101 Å². The van der Waals surface area contributed by atoms with Crippen LogP contribution < -0.4 is 42.4 Å². The lowest BCUT2D eigenvalue weighted by Gasteiger charge is -2.03. The highest BCUT2D eigenvalue weighted by Crippen LogP contribution is 2.12. The van der Waals surface area contributed by atoms with E-state index < -0.39 is 0 Å². The first-order chi connectivity index (χ1) is 16.3. The van der Waals surface area contributed by atoms with Crippen LogP contribution in [0.1, 0.15) is 83.1 Å². The maximum atomic E-state index is 2.38. The minimum Gasteiger partial charge on any atom is -0.0654 e. The van der Waals surface area contributed by atoms with Crippen LogP contribution in [0.2, 0.25) is 0 Å². The van der Waals surface area contributed by atoms with Crippen molar-refractivity contribution in [2.75, 3.05) is 0 Å². The lowest BCUT2D eigenvalue weighted by Crippen LogP contribution is -3.62. The first kappa shape index (κ1) is 26.7. The van der Waals surface area contributed by atoms with Crippen LogP contribution >= 0.6 is 0 Å². The summed E-state index contributed by atoms with van der Waals surface area (Å²) in [4.78, 5) is 0. The molecule has 0 aliphatic rings. The van der Waals surface area contributed by atoms with Gasteiger partial charge in [-0.25, -0.2) is 0 Å². The fraction of sp³-hybridized carbons (Fsp3) is 0.419. The highest BCUT2D eigenvalue weighted by atomic mass is 127. The fourth-order valence-electron chi connectivity index (χ4n) is 3.99. The number of benzene rings is 3. The number of unbranched alkanes of at least 4 members (excludes halogenated alkanes) is 10. The maximum Gasteiger partial charge on any atom is 0.357 e. The topological polar surface area (TPSA) is 0 Å². The SMILES string of the molecule is CCCCCCCCCCCCCc1ccc([I+]c2ccc([I+]c3ccccc3)cc2)cc1. The van der Waals surface area contributed by atoms with Crippen LogP contribution in [0.15, 0.2) is 78.9 Å². The monoisotopic (exact) mass is 666 g/mol. The van der Waals surface area contributed by atoms with Crippen molar-refractivity contribution in [2.24, 2.45) is 0 Å². The summed E-state index contributed by atoms with van der Waals surface area (Å²) < 4.78 is 6.05. The van der Waals surface area contributed by atoms with Gasteiger partial charge < -0.3 is 0 Å². The number of hydrogen-bond donors (Lipinski definition) is 0. The van der Waals surface area contributed by atoms with Crippen molar-refractivity contribution in [3.8, 4) is 0 Å². The predicted molar refractivity (Wildman–Crippen MR) is 134 cm³/mol. The molecule has 0 radical (unpaired) electrons. The standard InChI is InChI=1S/C31H40I2/c1-2-3-4-5-6-7-8-9-10-11-13-16-27-19-21-29(22-20-27)33-31-25-23-30(24-26-31)32-28-17-14-12-15-18-28/h12,14-15,17-26H,2-11,13,16H2,1H3/q+2. The molecule has 0 nitrogen and oxygen atoms in total. The molecule has 0 unspecified atom stereocenters. The van der Waals surface area contributed by atoms with Gasteiger partial charge in [-0.2, -0.15) is 0 Å². The largest absolute Gasteiger partial charge is 0.357 e. The van der Waals surface area contributed by atoms with Crippen molar-refractivity contribution in [3.63, 3.8) is 0 Å². The molecular formula is C31H40I2+2. The van der Waals surface area contributed by atoms with E-state index in [4.69, 9.17) is 0 Å². The number of aryl methyl sites for hydroxylation is 1. The van der Waals surface area contributed by atoms with Crippen molar-refractivity contribution in [1.29, 1.82) is 0 Å². The van der Waals surface area contributed by atoms with Crippen molar-refractivity contribution in [1.82, 2.24) is 0 Å². The molecule has 3 aromatic rings. The van der Waals surface area contributed by atoms with E-state index in [2.05, 4.69) is 85.8 Å². The molecule has 0 aliphatic carbocycles. The Hall–Kier alpha value is -0.880. The summed E-state index contributed by atoms with van der Waals surface area (Å²) in [7, 11) is 0. The van der Waals surface area contributed by atoms with Gasteiger partial charge in [0.15, 0.2) is 14.3 Å². The molecule has 176 valence electrons. The Kier molecular flexibility index (Phi) is 13.5. The number of hydrogen-bond acceptors (Lipinski definition) is 0. The van der Waals surface area contributed by atoms with Gasteiger partial charge in [0.2, 0.25) is 0 Å². The van der Waals surface area contributed by atoms with Crippen LogP contribution in [0, 0.1) is 14.3 Å². The molecule has 0 aliphatic heterocycles. The second kappa shape index (κ2) is 16.7. The molecule has 0 amide bonds. The Morgan fingerprint density at radius 2 is 0.818 bits per heavy atom. The van der Waals surface area contributed by atoms with Crippen molar-refractivity contribution in [2.45, 2.75) is 84.0 Å². The van der Waals surface area contributed by atoms with Crippen molar-refractivity contribution < 1.29 is 42.4 Å². The molecule has 0 heterocycles. The molecule has 0 atom stereocenters. The van der Waals surface area contributed by atoms with E-state index >= 15 is 0 Å². The van der Waals surface area contributed by atoms with Gasteiger partial charge in [-0.15, -0.1) is 0 Å². The summed E-state index contributed by atoms with van der Waals surface area (Å²) >= 11 is -0.130. The van der Waals surface area contributed by atoms with E-state index in [9.17, 15) is 0 Å². The van der Waals surface area contributed by atoms with Crippen LogP contribution in [0.4, 0.5) is 0 Å². The highest BCUT2D eigenvalue weighted by Gasteiger charge is 2.19. The smallest absolute Gasteiger partial charge is 0.0654 e. The lowest BCUT2D eigenvalue weighted by molar-refractivity contribution is -0.603. The van der Waals surface area contributed by atoms with Gasteiger partial charge in [0.1, 0.15) is 0 Å². The average molecular weight is 666 g/mol. The van der Waals surface area contributed by atoms with Gasteiger partial charge in [-0.3, -0.25) is 0 Å². The molecule has 3 rings (SSSR count). The zero-order valence-electron chi connectivity index (χ0n) is 20.2. The minimum atomic E-state index is -0.0766. The second-order valence-electron chi connectivity index (χ2n) is 8.83. The molecule has 0 saturated heterocycles. The van der Waals surface area contributed by atoms with Gasteiger partial charge in [0, 0.05) is 0 Å². The van der Waals surface area contributed by atoms with Crippen LogP contribution in [0.3, 0.4) is 0 Å². The van der Waals surface area contributed by atoms with Gasteiger partial charge >= 0.3 is 42.4 Å². The van der Waals surface area contributed by atoms with E-state index in [0.29, 0.717) is 0 Å². The summed E-state index contributed by atoms with van der Waals surface area (Å²) in [6, 6.07) is 29.9. The molecule has 33 heavy (non-hydrogen) atoms. The Morgan fingerprint density at radius 3 is 1.30 bits per heavy atom. The first-order valence-corrected chi connectivity index (χ1v) is 17.2. The zero-order chi connectivity index (χ0) is 23.0. The molecule has 0 fully saturated rings. The molecule has 0 N–H and O–H groups in total. The molecule has 0 bridgehead atoms. The summed E-state index contributed by atoms with van der Waals surface area (Å²) in [6.07, 6.45) is 16.9.